The van der Waals surface area contributed by atoms with Gasteiger partial charge in [-0.15, -0.1) is 0 Å². The summed E-state index contributed by atoms with van der Waals surface area (Å²) in [5.41, 5.74) is 0.171. The minimum Gasteiger partial charge on any atom is -0.268 e. The Morgan fingerprint density at radius 1 is 1.42 bits per heavy atom. The zero-order valence-electron chi connectivity index (χ0n) is 10.6. The predicted octanol–water partition coefficient (Wildman–Crippen LogP) is 1.57. The quantitative estimate of drug-likeness (QED) is 0.838. The van der Waals surface area contributed by atoms with Crippen molar-refractivity contribution in [1.29, 1.82) is 0 Å². The molecular formula is C12H16N2O3S2. The summed E-state index contributed by atoms with van der Waals surface area (Å²) < 4.78 is 25.3. The lowest BCUT2D eigenvalue weighted by molar-refractivity contribution is 0.0866. The number of fused-ring (bicyclic) bond motifs is 1. The van der Waals surface area contributed by atoms with Gasteiger partial charge in [0.15, 0.2) is 5.03 Å². The van der Waals surface area contributed by atoms with Gasteiger partial charge in [0.2, 0.25) is 0 Å². The van der Waals surface area contributed by atoms with Crippen LogP contribution in [0.5, 0.6) is 0 Å². The highest BCUT2D eigenvalue weighted by atomic mass is 32.2. The number of rotatable bonds is 5. The van der Waals surface area contributed by atoms with Crippen molar-refractivity contribution in [3.8, 4) is 0 Å². The second-order valence-electron chi connectivity index (χ2n) is 4.64. The van der Waals surface area contributed by atoms with E-state index in [9.17, 15) is 13.2 Å². The van der Waals surface area contributed by atoms with Gasteiger partial charge in [-0.1, -0.05) is 6.92 Å². The van der Waals surface area contributed by atoms with Crippen molar-refractivity contribution in [3.63, 3.8) is 0 Å². The number of carbonyl (C=O) groups excluding carboxylic acids is 1. The first-order chi connectivity index (χ1) is 8.98. The van der Waals surface area contributed by atoms with Crippen LogP contribution in [0, 0.1) is 5.92 Å². The van der Waals surface area contributed by atoms with E-state index >= 15 is 0 Å². The first-order valence-corrected chi connectivity index (χ1v) is 8.18. The fraction of sp³-hybridized carbons (Fsp3) is 0.500. The number of carbonyl (C=O) groups is 1. The molecule has 1 unspecified atom stereocenters. The number of hydrogen-bond acceptors (Lipinski definition) is 5. The van der Waals surface area contributed by atoms with Gasteiger partial charge >= 0.3 is 0 Å². The molecule has 19 heavy (non-hydrogen) atoms. The van der Waals surface area contributed by atoms with Crippen LogP contribution in [0.15, 0.2) is 23.4 Å². The van der Waals surface area contributed by atoms with E-state index in [0.29, 0.717) is 12.3 Å². The van der Waals surface area contributed by atoms with E-state index in [1.165, 1.54) is 12.3 Å². The molecule has 1 atom stereocenters. The molecule has 2 rings (SSSR count). The molecule has 7 heteroatoms. The van der Waals surface area contributed by atoms with Crippen molar-refractivity contribution in [1.82, 2.24) is 9.29 Å². The molecule has 0 N–H and O–H groups in total. The Hall–Kier alpha value is -1.08. The minimum absolute atomic E-state index is 0.123. The summed E-state index contributed by atoms with van der Waals surface area (Å²) >= 11 is 4.15. The van der Waals surface area contributed by atoms with Crippen LogP contribution in [-0.4, -0.2) is 35.9 Å². The van der Waals surface area contributed by atoms with Crippen molar-refractivity contribution in [2.24, 2.45) is 5.92 Å². The molecule has 5 nitrogen and oxygen atoms in total. The summed E-state index contributed by atoms with van der Waals surface area (Å²) in [6, 6.07) is 3.07. The van der Waals surface area contributed by atoms with E-state index in [1.807, 2.05) is 6.92 Å². The summed E-state index contributed by atoms with van der Waals surface area (Å²) in [5, 5.41) is -0.123. The summed E-state index contributed by atoms with van der Waals surface area (Å²) in [4.78, 5) is 15.9. The maximum Gasteiger partial charge on any atom is 0.285 e. The molecule has 1 aliphatic heterocycles. The van der Waals surface area contributed by atoms with Crippen molar-refractivity contribution < 1.29 is 13.2 Å². The number of pyridine rings is 1. The zero-order valence-corrected chi connectivity index (χ0v) is 12.3. The highest BCUT2D eigenvalue weighted by Gasteiger charge is 2.41. The molecule has 1 aromatic rings. The van der Waals surface area contributed by atoms with Gasteiger partial charge < -0.3 is 0 Å². The van der Waals surface area contributed by atoms with E-state index in [2.05, 4.69) is 17.6 Å². The third kappa shape index (κ3) is 2.62. The maximum atomic E-state index is 12.2. The Morgan fingerprint density at radius 3 is 2.79 bits per heavy atom. The number of thiol groups is 1. The fourth-order valence-corrected chi connectivity index (χ4v) is 3.97. The summed E-state index contributed by atoms with van der Waals surface area (Å²) in [6.07, 6.45) is 2.92. The molecule has 0 saturated carbocycles. The Kier molecular flexibility index (Phi) is 4.15. The molecular weight excluding hydrogens is 284 g/mol. The van der Waals surface area contributed by atoms with E-state index < -0.39 is 15.9 Å². The lowest BCUT2D eigenvalue weighted by Crippen LogP contribution is -2.32. The third-order valence-corrected chi connectivity index (χ3v) is 5.21. The van der Waals surface area contributed by atoms with Gasteiger partial charge in [-0.25, -0.2) is 9.29 Å². The van der Waals surface area contributed by atoms with E-state index in [-0.39, 0.29) is 17.1 Å². The number of sulfonamides is 1. The summed E-state index contributed by atoms with van der Waals surface area (Å²) in [5.74, 6) is 0.613. The summed E-state index contributed by atoms with van der Waals surface area (Å²) in [6.45, 7) is 2.22. The Morgan fingerprint density at radius 2 is 2.16 bits per heavy atom. The molecule has 0 bridgehead atoms. The fourth-order valence-electron chi connectivity index (χ4n) is 2.03. The lowest BCUT2D eigenvalue weighted by atomic mass is 10.1. The molecule has 2 heterocycles. The zero-order chi connectivity index (χ0) is 14.0. The first kappa shape index (κ1) is 14.3. The minimum atomic E-state index is -3.75. The topological polar surface area (TPSA) is 67.3 Å². The van der Waals surface area contributed by atoms with Crippen molar-refractivity contribution in [3.05, 3.63) is 23.9 Å². The monoisotopic (exact) mass is 300 g/mol. The van der Waals surface area contributed by atoms with Crippen LogP contribution in [0.3, 0.4) is 0 Å². The number of amides is 1. The third-order valence-electron chi connectivity index (χ3n) is 3.21. The average molecular weight is 300 g/mol. The molecule has 0 spiro atoms. The van der Waals surface area contributed by atoms with E-state index in [0.717, 1.165) is 16.5 Å². The standard InChI is InChI=1S/C12H16N2O3S2/c1-9(5-8-18)4-7-14-12(15)10-3-2-6-13-11(10)19(14,16)17/h2-3,6,9,18H,4-5,7-8H2,1H3. The SMILES string of the molecule is CC(CCS)CCN1C(=O)c2cccnc2S1(=O)=O. The average Bonchev–Trinajstić information content (AvgIpc) is 2.57. The normalized spacial score (nSPS) is 18.4. The molecule has 0 aromatic carbocycles. The van der Waals surface area contributed by atoms with Crippen molar-refractivity contribution >= 4 is 28.6 Å². The van der Waals surface area contributed by atoms with Crippen LogP contribution in [0.2, 0.25) is 0 Å². The van der Waals surface area contributed by atoms with Crippen LogP contribution in [-0.2, 0) is 10.0 Å². The molecule has 0 radical (unpaired) electrons. The van der Waals surface area contributed by atoms with Crippen LogP contribution in [0.1, 0.15) is 30.1 Å². The smallest absolute Gasteiger partial charge is 0.268 e. The summed E-state index contributed by atoms with van der Waals surface area (Å²) in [7, 11) is -3.75. The Bertz CT molecular complexity index is 586. The van der Waals surface area contributed by atoms with Gasteiger partial charge in [0.25, 0.3) is 15.9 Å². The molecule has 0 aliphatic carbocycles. The molecule has 0 fully saturated rings. The maximum absolute atomic E-state index is 12.2. The van der Waals surface area contributed by atoms with Crippen molar-refractivity contribution in [2.45, 2.75) is 24.8 Å². The van der Waals surface area contributed by atoms with Crippen LogP contribution >= 0.6 is 12.6 Å². The number of aromatic nitrogens is 1. The van der Waals surface area contributed by atoms with Gasteiger partial charge in [-0.2, -0.15) is 21.0 Å². The number of hydrogen-bond donors (Lipinski definition) is 1. The molecule has 1 amide bonds. The van der Waals surface area contributed by atoms with E-state index in [4.69, 9.17) is 0 Å². The van der Waals surface area contributed by atoms with Gasteiger partial charge in [0, 0.05) is 12.7 Å². The van der Waals surface area contributed by atoms with Gasteiger partial charge in [0.1, 0.15) is 0 Å². The number of nitrogens with zero attached hydrogens (tertiary/aromatic N) is 2. The van der Waals surface area contributed by atoms with Gasteiger partial charge in [-0.05, 0) is 36.6 Å². The predicted molar refractivity (Wildman–Crippen MR) is 74.7 cm³/mol. The van der Waals surface area contributed by atoms with Crippen LogP contribution < -0.4 is 0 Å². The molecule has 104 valence electrons. The lowest BCUT2D eigenvalue weighted by Gasteiger charge is -2.17. The van der Waals surface area contributed by atoms with Crippen molar-refractivity contribution in [2.75, 3.05) is 12.3 Å². The molecule has 0 saturated heterocycles. The largest absolute Gasteiger partial charge is 0.285 e. The second kappa shape index (κ2) is 5.50. The van der Waals surface area contributed by atoms with Gasteiger partial charge in [0.05, 0.1) is 5.56 Å². The molecule has 1 aromatic heterocycles. The van der Waals surface area contributed by atoms with Gasteiger partial charge in [-0.3, -0.25) is 4.79 Å². The van der Waals surface area contributed by atoms with E-state index in [1.54, 1.807) is 6.07 Å². The Balaban J connectivity index is 2.19. The highest BCUT2D eigenvalue weighted by molar-refractivity contribution is 7.90. The highest BCUT2D eigenvalue weighted by Crippen LogP contribution is 2.28. The molecule has 1 aliphatic rings. The Labute approximate surface area is 118 Å². The van der Waals surface area contributed by atoms with Crippen LogP contribution in [0.25, 0.3) is 0 Å². The van der Waals surface area contributed by atoms with Crippen LogP contribution in [0.4, 0.5) is 0 Å². The second-order valence-corrected chi connectivity index (χ2v) is 6.87. The first-order valence-electron chi connectivity index (χ1n) is 6.11.